The third kappa shape index (κ3) is 5.28. The number of rotatable bonds is 4. The summed E-state index contributed by atoms with van der Waals surface area (Å²) in [5.41, 5.74) is 3.08. The standard InChI is InChI=1S/C12H13NO.C8H10O3S/c1-3-14-11-6-7-12-10(8-11)5-4-9(2)13-12;1-7-3-5-8(6-4-7)12(9,10)11-2/h4-8H,3H2,1-2H3;3-6H,1-2H3. The van der Waals surface area contributed by atoms with E-state index in [1.807, 2.05) is 45.0 Å². The molecule has 0 aliphatic carbocycles. The van der Waals surface area contributed by atoms with E-state index in [1.54, 1.807) is 12.1 Å². The van der Waals surface area contributed by atoms with Crippen molar-refractivity contribution in [1.29, 1.82) is 0 Å². The molecule has 3 aromatic rings. The van der Waals surface area contributed by atoms with Gasteiger partial charge in [0.25, 0.3) is 10.1 Å². The van der Waals surface area contributed by atoms with E-state index >= 15 is 0 Å². The predicted octanol–water partition coefficient (Wildman–Crippen LogP) is 4.27. The number of fused-ring (bicyclic) bond motifs is 1. The summed E-state index contributed by atoms with van der Waals surface area (Å²) in [6, 6.07) is 16.6. The van der Waals surface area contributed by atoms with E-state index in [0.717, 1.165) is 35.0 Å². The van der Waals surface area contributed by atoms with Gasteiger partial charge in [0.15, 0.2) is 0 Å². The molecule has 0 atom stereocenters. The lowest BCUT2D eigenvalue weighted by molar-refractivity contribution is 0.340. The van der Waals surface area contributed by atoms with Gasteiger partial charge < -0.3 is 4.74 Å². The Bertz CT molecular complexity index is 967. The van der Waals surface area contributed by atoms with Gasteiger partial charge in [-0.25, -0.2) is 0 Å². The van der Waals surface area contributed by atoms with E-state index in [9.17, 15) is 8.42 Å². The van der Waals surface area contributed by atoms with Crippen molar-refractivity contribution in [2.75, 3.05) is 13.7 Å². The molecule has 0 aliphatic heterocycles. The fourth-order valence-electron chi connectivity index (χ4n) is 2.26. The van der Waals surface area contributed by atoms with Gasteiger partial charge in [-0.1, -0.05) is 23.8 Å². The molecular weight excluding hydrogens is 350 g/mol. The Balaban J connectivity index is 0.000000190. The van der Waals surface area contributed by atoms with Gasteiger partial charge in [-0.15, -0.1) is 0 Å². The Morgan fingerprint density at radius 1 is 0.962 bits per heavy atom. The zero-order valence-electron chi connectivity index (χ0n) is 15.4. The maximum absolute atomic E-state index is 11.1. The topological polar surface area (TPSA) is 65.5 Å². The van der Waals surface area contributed by atoms with Crippen molar-refractivity contribution in [1.82, 2.24) is 4.98 Å². The molecule has 6 heteroatoms. The summed E-state index contributed by atoms with van der Waals surface area (Å²) in [7, 11) is -2.37. The fourth-order valence-corrected chi connectivity index (χ4v) is 2.93. The quantitative estimate of drug-likeness (QED) is 0.639. The highest BCUT2D eigenvalue weighted by Crippen LogP contribution is 2.19. The van der Waals surface area contributed by atoms with Crippen LogP contribution in [0.5, 0.6) is 5.75 Å². The van der Waals surface area contributed by atoms with Crippen molar-refractivity contribution in [2.24, 2.45) is 0 Å². The van der Waals surface area contributed by atoms with Gasteiger partial charge in [-0.05, 0) is 57.2 Å². The molecule has 26 heavy (non-hydrogen) atoms. The molecular formula is C20H23NO4S. The Morgan fingerprint density at radius 3 is 2.27 bits per heavy atom. The van der Waals surface area contributed by atoms with Crippen molar-refractivity contribution >= 4 is 21.0 Å². The molecule has 5 nitrogen and oxygen atoms in total. The minimum absolute atomic E-state index is 0.190. The van der Waals surface area contributed by atoms with Crippen LogP contribution in [-0.4, -0.2) is 27.1 Å². The SMILES string of the molecule is CCOc1ccc2nc(C)ccc2c1.COS(=O)(=O)c1ccc(C)cc1. The Kier molecular flexibility index (Phi) is 6.71. The predicted molar refractivity (Wildman–Crippen MR) is 103 cm³/mol. The second-order valence-corrected chi connectivity index (χ2v) is 7.39. The largest absolute Gasteiger partial charge is 0.494 e. The van der Waals surface area contributed by atoms with E-state index in [1.165, 1.54) is 12.1 Å². The van der Waals surface area contributed by atoms with Crippen LogP contribution in [0, 0.1) is 13.8 Å². The monoisotopic (exact) mass is 373 g/mol. The van der Waals surface area contributed by atoms with E-state index < -0.39 is 10.1 Å². The maximum atomic E-state index is 11.1. The zero-order chi connectivity index (χ0) is 19.2. The molecule has 0 N–H and O–H groups in total. The van der Waals surface area contributed by atoms with Crippen LogP contribution in [0.25, 0.3) is 10.9 Å². The summed E-state index contributed by atoms with van der Waals surface area (Å²) in [6.45, 7) is 6.57. The molecule has 0 saturated heterocycles. The van der Waals surface area contributed by atoms with Crippen molar-refractivity contribution in [2.45, 2.75) is 25.7 Å². The summed E-state index contributed by atoms with van der Waals surface area (Å²) >= 11 is 0. The number of hydrogen-bond donors (Lipinski definition) is 0. The molecule has 0 spiro atoms. The smallest absolute Gasteiger partial charge is 0.296 e. The summed E-state index contributed by atoms with van der Waals surface area (Å²) in [5.74, 6) is 0.908. The van der Waals surface area contributed by atoms with Gasteiger partial charge in [-0.3, -0.25) is 9.17 Å². The second kappa shape index (κ2) is 8.78. The van der Waals surface area contributed by atoms with Crippen LogP contribution < -0.4 is 4.74 Å². The van der Waals surface area contributed by atoms with Gasteiger partial charge in [0.2, 0.25) is 0 Å². The highest BCUT2D eigenvalue weighted by Gasteiger charge is 2.11. The zero-order valence-corrected chi connectivity index (χ0v) is 16.2. The number of ether oxygens (including phenoxy) is 1. The minimum atomic E-state index is -3.51. The van der Waals surface area contributed by atoms with Crippen LogP contribution in [0.3, 0.4) is 0 Å². The average Bonchev–Trinajstić information content (AvgIpc) is 2.63. The maximum Gasteiger partial charge on any atom is 0.296 e. The Morgan fingerprint density at radius 2 is 1.65 bits per heavy atom. The molecule has 0 bridgehead atoms. The molecule has 0 radical (unpaired) electrons. The normalized spacial score (nSPS) is 10.9. The number of hydrogen-bond acceptors (Lipinski definition) is 5. The lowest BCUT2D eigenvalue weighted by Gasteiger charge is -2.04. The average molecular weight is 373 g/mol. The molecule has 0 unspecified atom stereocenters. The van der Waals surface area contributed by atoms with Gasteiger partial charge in [-0.2, -0.15) is 8.42 Å². The van der Waals surface area contributed by atoms with Gasteiger partial charge >= 0.3 is 0 Å². The molecule has 1 aromatic heterocycles. The van der Waals surface area contributed by atoms with E-state index in [2.05, 4.69) is 15.2 Å². The lowest BCUT2D eigenvalue weighted by Crippen LogP contribution is -2.02. The van der Waals surface area contributed by atoms with Gasteiger partial charge in [0.1, 0.15) is 5.75 Å². The third-order valence-corrected chi connectivity index (χ3v) is 4.93. The van der Waals surface area contributed by atoms with Crippen molar-refractivity contribution in [3.63, 3.8) is 0 Å². The minimum Gasteiger partial charge on any atom is -0.494 e. The highest BCUT2D eigenvalue weighted by molar-refractivity contribution is 7.86. The van der Waals surface area contributed by atoms with Crippen molar-refractivity contribution < 1.29 is 17.3 Å². The second-order valence-electron chi connectivity index (χ2n) is 5.67. The van der Waals surface area contributed by atoms with Gasteiger partial charge in [0.05, 0.1) is 24.1 Å². The van der Waals surface area contributed by atoms with Crippen molar-refractivity contribution in [3.05, 3.63) is 65.9 Å². The molecule has 3 rings (SSSR count). The highest BCUT2D eigenvalue weighted by atomic mass is 32.2. The number of aryl methyl sites for hydroxylation is 2. The van der Waals surface area contributed by atoms with E-state index in [4.69, 9.17) is 4.74 Å². The Hall–Kier alpha value is -2.44. The molecule has 0 fully saturated rings. The molecule has 1 heterocycles. The molecule has 0 saturated carbocycles. The van der Waals surface area contributed by atoms with Crippen LogP contribution in [0.1, 0.15) is 18.2 Å². The summed E-state index contributed by atoms with van der Waals surface area (Å²) in [6.07, 6.45) is 0. The third-order valence-electron chi connectivity index (χ3n) is 3.64. The number of pyridine rings is 1. The van der Waals surface area contributed by atoms with Crippen LogP contribution >= 0.6 is 0 Å². The number of benzene rings is 2. The Labute approximate surface area is 154 Å². The first-order valence-corrected chi connectivity index (χ1v) is 9.64. The molecule has 138 valence electrons. The molecule has 2 aromatic carbocycles. The van der Waals surface area contributed by atoms with Crippen LogP contribution in [0.2, 0.25) is 0 Å². The van der Waals surface area contributed by atoms with Crippen LogP contribution in [0.4, 0.5) is 0 Å². The van der Waals surface area contributed by atoms with Crippen LogP contribution in [0.15, 0.2) is 59.5 Å². The van der Waals surface area contributed by atoms with Gasteiger partial charge in [0, 0.05) is 11.1 Å². The summed E-state index contributed by atoms with van der Waals surface area (Å²) in [4.78, 5) is 4.61. The fraction of sp³-hybridized carbons (Fsp3) is 0.250. The number of nitrogens with zero attached hydrogens (tertiary/aromatic N) is 1. The van der Waals surface area contributed by atoms with Crippen molar-refractivity contribution in [3.8, 4) is 5.75 Å². The number of aromatic nitrogens is 1. The van der Waals surface area contributed by atoms with E-state index in [-0.39, 0.29) is 4.90 Å². The molecule has 0 amide bonds. The summed E-state index contributed by atoms with van der Waals surface area (Å²) in [5, 5.41) is 1.13. The van der Waals surface area contributed by atoms with E-state index in [0.29, 0.717) is 6.61 Å². The first kappa shape index (κ1) is 19.9. The first-order valence-electron chi connectivity index (χ1n) is 8.23. The molecule has 0 aliphatic rings. The first-order chi connectivity index (χ1) is 12.4. The lowest BCUT2D eigenvalue weighted by atomic mass is 10.2. The summed E-state index contributed by atoms with van der Waals surface area (Å²) < 4.78 is 31.9. The van der Waals surface area contributed by atoms with Crippen LogP contribution in [-0.2, 0) is 14.3 Å².